The highest BCUT2D eigenvalue weighted by Crippen LogP contribution is 2.11. The molecule has 110 valence electrons. The molecule has 5 heteroatoms. The molecule has 0 bridgehead atoms. The number of rotatable bonds is 8. The van der Waals surface area contributed by atoms with Gasteiger partial charge in [0, 0.05) is 19.4 Å². The Morgan fingerprint density at radius 1 is 1.30 bits per heavy atom. The van der Waals surface area contributed by atoms with E-state index in [2.05, 4.69) is 35.2 Å². The molecule has 0 unspecified atom stereocenters. The number of imidazole rings is 1. The maximum Gasteiger partial charge on any atom is 0.122 e. The monoisotopic (exact) mass is 276 g/mol. The highest BCUT2D eigenvalue weighted by Gasteiger charge is 2.08. The van der Waals surface area contributed by atoms with Crippen molar-refractivity contribution < 1.29 is 4.42 Å². The van der Waals surface area contributed by atoms with Gasteiger partial charge in [-0.2, -0.15) is 0 Å². The summed E-state index contributed by atoms with van der Waals surface area (Å²) >= 11 is 0. The van der Waals surface area contributed by atoms with E-state index in [1.165, 1.54) is 0 Å². The van der Waals surface area contributed by atoms with Crippen LogP contribution in [0.3, 0.4) is 0 Å². The van der Waals surface area contributed by atoms with Crippen LogP contribution in [0.15, 0.2) is 28.9 Å². The van der Waals surface area contributed by atoms with Gasteiger partial charge >= 0.3 is 0 Å². The summed E-state index contributed by atoms with van der Waals surface area (Å²) in [6, 6.07) is 4.10. The van der Waals surface area contributed by atoms with Crippen molar-refractivity contribution >= 4 is 0 Å². The van der Waals surface area contributed by atoms with Crippen LogP contribution in [-0.2, 0) is 26.7 Å². The van der Waals surface area contributed by atoms with Gasteiger partial charge in [0.05, 0.1) is 19.6 Å². The van der Waals surface area contributed by atoms with Crippen molar-refractivity contribution in [2.75, 3.05) is 13.6 Å². The van der Waals surface area contributed by atoms with Crippen molar-refractivity contribution in [3.8, 4) is 0 Å². The minimum Gasteiger partial charge on any atom is -0.463 e. The number of furan rings is 1. The molecule has 2 heterocycles. The average Bonchev–Trinajstić information content (AvgIpc) is 3.00. The van der Waals surface area contributed by atoms with Gasteiger partial charge < -0.3 is 14.3 Å². The first-order valence-electron chi connectivity index (χ1n) is 7.12. The molecule has 2 aromatic rings. The van der Waals surface area contributed by atoms with Crippen LogP contribution in [-0.4, -0.2) is 28.0 Å². The van der Waals surface area contributed by atoms with E-state index in [-0.39, 0.29) is 0 Å². The van der Waals surface area contributed by atoms with Gasteiger partial charge in [-0.1, -0.05) is 6.92 Å². The molecular weight excluding hydrogens is 252 g/mol. The van der Waals surface area contributed by atoms with E-state index in [0.29, 0.717) is 0 Å². The van der Waals surface area contributed by atoms with E-state index in [9.17, 15) is 0 Å². The second-order valence-electron chi connectivity index (χ2n) is 5.17. The largest absolute Gasteiger partial charge is 0.463 e. The Labute approximate surface area is 120 Å². The van der Waals surface area contributed by atoms with Crippen LogP contribution in [0.4, 0.5) is 0 Å². The van der Waals surface area contributed by atoms with Gasteiger partial charge in [-0.3, -0.25) is 4.90 Å². The Kier molecular flexibility index (Phi) is 5.38. The molecule has 20 heavy (non-hydrogen) atoms. The molecule has 0 aliphatic heterocycles. The summed E-state index contributed by atoms with van der Waals surface area (Å²) < 4.78 is 7.86. The normalized spacial score (nSPS) is 11.4. The number of hydrogen-bond acceptors (Lipinski definition) is 4. The van der Waals surface area contributed by atoms with Crippen LogP contribution in [0.2, 0.25) is 0 Å². The van der Waals surface area contributed by atoms with E-state index >= 15 is 0 Å². The van der Waals surface area contributed by atoms with Gasteiger partial charge in [-0.05, 0) is 32.1 Å². The quantitative estimate of drug-likeness (QED) is 0.750. The molecule has 0 amide bonds. The lowest BCUT2D eigenvalue weighted by Gasteiger charge is -2.14. The molecule has 1 N–H and O–H groups in total. The highest BCUT2D eigenvalue weighted by molar-refractivity contribution is 5.07. The fourth-order valence-electron chi connectivity index (χ4n) is 2.10. The first-order valence-corrected chi connectivity index (χ1v) is 7.12. The number of hydrogen-bond donors (Lipinski definition) is 1. The SMILES string of the molecule is CCCNCc1ccc(CN(C)Cc2nccn2C)o1. The van der Waals surface area contributed by atoms with Crippen molar-refractivity contribution in [3.63, 3.8) is 0 Å². The predicted molar refractivity (Wildman–Crippen MR) is 79.1 cm³/mol. The van der Waals surface area contributed by atoms with E-state index in [1.54, 1.807) is 0 Å². The minimum atomic E-state index is 0.792. The summed E-state index contributed by atoms with van der Waals surface area (Å²) in [7, 11) is 4.09. The summed E-state index contributed by atoms with van der Waals surface area (Å²) in [6.07, 6.45) is 4.93. The molecular formula is C15H24N4O. The van der Waals surface area contributed by atoms with E-state index in [1.807, 2.05) is 30.1 Å². The summed E-state index contributed by atoms with van der Waals surface area (Å²) in [5.41, 5.74) is 0. The summed E-state index contributed by atoms with van der Waals surface area (Å²) in [4.78, 5) is 6.53. The maximum atomic E-state index is 5.82. The van der Waals surface area contributed by atoms with Gasteiger partial charge in [0.15, 0.2) is 0 Å². The van der Waals surface area contributed by atoms with Crippen LogP contribution in [0.25, 0.3) is 0 Å². The van der Waals surface area contributed by atoms with Crippen molar-refractivity contribution in [1.29, 1.82) is 0 Å². The van der Waals surface area contributed by atoms with Crippen molar-refractivity contribution in [2.45, 2.75) is 33.0 Å². The first kappa shape index (κ1) is 14.8. The molecule has 0 saturated heterocycles. The second kappa shape index (κ2) is 7.26. The van der Waals surface area contributed by atoms with Gasteiger partial charge in [0.25, 0.3) is 0 Å². The van der Waals surface area contributed by atoms with E-state index in [4.69, 9.17) is 4.42 Å². The molecule has 0 aliphatic rings. The van der Waals surface area contributed by atoms with Gasteiger partial charge in [0.1, 0.15) is 17.3 Å². The van der Waals surface area contributed by atoms with Crippen molar-refractivity contribution in [3.05, 3.63) is 41.9 Å². The third kappa shape index (κ3) is 4.21. The van der Waals surface area contributed by atoms with Crippen LogP contribution in [0, 0.1) is 0 Å². The lowest BCUT2D eigenvalue weighted by Crippen LogP contribution is -2.19. The Morgan fingerprint density at radius 3 is 2.80 bits per heavy atom. The number of aromatic nitrogens is 2. The predicted octanol–water partition coefficient (Wildman–Crippen LogP) is 2.14. The number of nitrogens with one attached hydrogen (secondary N) is 1. The molecule has 0 aromatic carbocycles. The third-order valence-electron chi connectivity index (χ3n) is 3.20. The van der Waals surface area contributed by atoms with Gasteiger partial charge in [0.2, 0.25) is 0 Å². The zero-order valence-corrected chi connectivity index (χ0v) is 12.6. The van der Waals surface area contributed by atoms with Crippen LogP contribution >= 0.6 is 0 Å². The summed E-state index contributed by atoms with van der Waals surface area (Å²) in [5, 5.41) is 3.34. The zero-order valence-electron chi connectivity index (χ0n) is 12.6. The van der Waals surface area contributed by atoms with Crippen LogP contribution < -0.4 is 5.32 Å². The molecule has 0 fully saturated rings. The zero-order chi connectivity index (χ0) is 14.4. The van der Waals surface area contributed by atoms with Crippen molar-refractivity contribution in [1.82, 2.24) is 19.8 Å². The molecule has 5 nitrogen and oxygen atoms in total. The van der Waals surface area contributed by atoms with Crippen LogP contribution in [0.5, 0.6) is 0 Å². The fraction of sp³-hybridized carbons (Fsp3) is 0.533. The topological polar surface area (TPSA) is 46.2 Å². The highest BCUT2D eigenvalue weighted by atomic mass is 16.3. The standard InChI is InChI=1S/C15H24N4O/c1-4-7-16-10-13-5-6-14(20-13)11-18(2)12-15-17-8-9-19(15)3/h5-6,8-9,16H,4,7,10-12H2,1-3H3. The Morgan fingerprint density at radius 2 is 2.10 bits per heavy atom. The average molecular weight is 276 g/mol. The van der Waals surface area contributed by atoms with E-state index < -0.39 is 0 Å². The number of nitrogens with zero attached hydrogens (tertiary/aromatic N) is 3. The first-order chi connectivity index (χ1) is 9.69. The summed E-state index contributed by atoms with van der Waals surface area (Å²) in [5.74, 6) is 3.05. The molecule has 2 rings (SSSR count). The summed E-state index contributed by atoms with van der Waals surface area (Å²) in [6.45, 7) is 5.59. The fourth-order valence-corrected chi connectivity index (χ4v) is 2.10. The Bertz CT molecular complexity index is 517. The molecule has 0 atom stereocenters. The van der Waals surface area contributed by atoms with Gasteiger partial charge in [-0.25, -0.2) is 4.98 Å². The number of aryl methyl sites for hydroxylation is 1. The molecule has 2 aromatic heterocycles. The lowest BCUT2D eigenvalue weighted by atomic mass is 10.4. The van der Waals surface area contributed by atoms with Crippen LogP contribution in [0.1, 0.15) is 30.7 Å². The third-order valence-corrected chi connectivity index (χ3v) is 3.20. The Balaban J connectivity index is 1.82. The second-order valence-corrected chi connectivity index (χ2v) is 5.17. The molecule has 0 saturated carbocycles. The van der Waals surface area contributed by atoms with Crippen molar-refractivity contribution in [2.24, 2.45) is 7.05 Å². The van der Waals surface area contributed by atoms with E-state index in [0.717, 1.165) is 49.9 Å². The smallest absolute Gasteiger partial charge is 0.122 e. The molecule has 0 aliphatic carbocycles. The molecule has 0 spiro atoms. The molecule has 0 radical (unpaired) electrons. The Hall–Kier alpha value is -1.59. The van der Waals surface area contributed by atoms with Gasteiger partial charge in [-0.15, -0.1) is 0 Å². The maximum absolute atomic E-state index is 5.82. The minimum absolute atomic E-state index is 0.792. The lowest BCUT2D eigenvalue weighted by molar-refractivity contribution is 0.274.